The molecule has 0 aromatic heterocycles. The molecule has 0 saturated heterocycles. The van der Waals surface area contributed by atoms with Gasteiger partial charge in [-0.2, -0.15) is 9.48 Å². The second-order valence-corrected chi connectivity index (χ2v) is 3.62. The van der Waals surface area contributed by atoms with Gasteiger partial charge in [-0.05, 0) is 0 Å². The standard InChI is InChI=1S/C14H12N2O2/c17-15(13-7-3-1-4-8-13)11-12-16(18)14-9-5-2-6-10-14/h1-12H/b15-11-,16-12+. The summed E-state index contributed by atoms with van der Waals surface area (Å²) in [7, 11) is 0. The van der Waals surface area contributed by atoms with E-state index in [0.717, 1.165) is 0 Å². The van der Waals surface area contributed by atoms with E-state index < -0.39 is 0 Å². The van der Waals surface area contributed by atoms with Gasteiger partial charge in [0.15, 0.2) is 0 Å². The molecule has 0 radical (unpaired) electrons. The van der Waals surface area contributed by atoms with Gasteiger partial charge in [0.1, 0.15) is 0 Å². The molecule has 0 heterocycles. The first-order valence-corrected chi connectivity index (χ1v) is 5.48. The molecule has 0 N–H and O–H groups in total. The number of nitrogens with zero attached hydrogens (tertiary/aromatic N) is 2. The Labute approximate surface area is 105 Å². The molecule has 0 bridgehead atoms. The lowest BCUT2D eigenvalue weighted by Crippen LogP contribution is -2.04. The van der Waals surface area contributed by atoms with Crippen molar-refractivity contribution in [1.82, 2.24) is 0 Å². The maximum absolute atomic E-state index is 11.6. The van der Waals surface area contributed by atoms with Crippen LogP contribution >= 0.6 is 0 Å². The molecule has 0 fully saturated rings. The zero-order valence-electron chi connectivity index (χ0n) is 9.64. The average molecular weight is 240 g/mol. The van der Waals surface area contributed by atoms with Crippen molar-refractivity contribution in [2.75, 3.05) is 0 Å². The molecule has 18 heavy (non-hydrogen) atoms. The minimum Gasteiger partial charge on any atom is -0.618 e. The van der Waals surface area contributed by atoms with Crippen LogP contribution in [0.3, 0.4) is 0 Å². The monoisotopic (exact) mass is 240 g/mol. The van der Waals surface area contributed by atoms with Gasteiger partial charge in [0.2, 0.25) is 23.8 Å². The predicted molar refractivity (Wildman–Crippen MR) is 71.6 cm³/mol. The van der Waals surface area contributed by atoms with Crippen LogP contribution in [0.2, 0.25) is 0 Å². The van der Waals surface area contributed by atoms with Crippen molar-refractivity contribution in [2.45, 2.75) is 0 Å². The lowest BCUT2D eigenvalue weighted by atomic mass is 10.3. The van der Waals surface area contributed by atoms with Gasteiger partial charge in [-0.3, -0.25) is 0 Å². The second-order valence-electron chi connectivity index (χ2n) is 3.62. The van der Waals surface area contributed by atoms with Crippen LogP contribution in [0.4, 0.5) is 11.4 Å². The summed E-state index contributed by atoms with van der Waals surface area (Å²) in [5, 5.41) is 23.3. The smallest absolute Gasteiger partial charge is 0.246 e. The Hall–Kier alpha value is -2.62. The summed E-state index contributed by atoms with van der Waals surface area (Å²) in [6, 6.07) is 17.4. The van der Waals surface area contributed by atoms with Crippen molar-refractivity contribution < 1.29 is 9.48 Å². The summed E-state index contributed by atoms with van der Waals surface area (Å²) in [6.45, 7) is 0. The Kier molecular flexibility index (Phi) is 3.71. The first-order chi connectivity index (χ1) is 8.77. The third-order valence-corrected chi connectivity index (χ3v) is 2.36. The van der Waals surface area contributed by atoms with E-state index in [4.69, 9.17) is 0 Å². The minimum absolute atomic E-state index is 0.482. The lowest BCUT2D eigenvalue weighted by Gasteiger charge is -2.02. The average Bonchev–Trinajstić information content (AvgIpc) is 2.46. The molecule has 2 aromatic rings. The van der Waals surface area contributed by atoms with E-state index >= 15 is 0 Å². The number of benzene rings is 2. The van der Waals surface area contributed by atoms with E-state index in [9.17, 15) is 10.4 Å². The zero-order chi connectivity index (χ0) is 12.8. The summed E-state index contributed by atoms with van der Waals surface area (Å²) in [5.74, 6) is 0. The summed E-state index contributed by atoms with van der Waals surface area (Å²) in [4.78, 5) is 0. The maximum atomic E-state index is 11.6. The third-order valence-electron chi connectivity index (χ3n) is 2.36. The molecule has 0 unspecified atom stereocenters. The number of rotatable bonds is 3. The molecule has 90 valence electrons. The highest BCUT2D eigenvalue weighted by molar-refractivity contribution is 6.11. The highest BCUT2D eigenvalue weighted by Crippen LogP contribution is 2.09. The summed E-state index contributed by atoms with van der Waals surface area (Å²) >= 11 is 0. The van der Waals surface area contributed by atoms with Crippen LogP contribution in [0.15, 0.2) is 60.7 Å². The number of para-hydroxylation sites is 2. The van der Waals surface area contributed by atoms with Gasteiger partial charge in [0, 0.05) is 24.3 Å². The summed E-state index contributed by atoms with van der Waals surface area (Å²) < 4.78 is 1.29. The number of hydrogen-bond acceptors (Lipinski definition) is 2. The largest absolute Gasteiger partial charge is 0.618 e. The van der Waals surface area contributed by atoms with Crippen LogP contribution < -0.4 is 0 Å². The van der Waals surface area contributed by atoms with Gasteiger partial charge in [-0.15, -0.1) is 0 Å². The molecule has 0 spiro atoms. The van der Waals surface area contributed by atoms with Gasteiger partial charge >= 0.3 is 0 Å². The van der Waals surface area contributed by atoms with Crippen molar-refractivity contribution in [2.24, 2.45) is 0 Å². The maximum Gasteiger partial charge on any atom is 0.246 e. The fraction of sp³-hybridized carbons (Fsp3) is 0. The van der Waals surface area contributed by atoms with Crippen molar-refractivity contribution in [1.29, 1.82) is 0 Å². The molecule has 0 aliphatic heterocycles. The van der Waals surface area contributed by atoms with Gasteiger partial charge < -0.3 is 10.4 Å². The molecule has 2 rings (SSSR count). The van der Waals surface area contributed by atoms with Crippen LogP contribution in [0.25, 0.3) is 0 Å². The van der Waals surface area contributed by atoms with E-state index in [2.05, 4.69) is 0 Å². The van der Waals surface area contributed by atoms with Crippen LogP contribution in [-0.2, 0) is 0 Å². The highest BCUT2D eigenvalue weighted by Gasteiger charge is 2.01. The molecule has 0 aliphatic carbocycles. The molecule has 0 amide bonds. The number of hydrogen-bond donors (Lipinski definition) is 0. The molecule has 0 aliphatic rings. The van der Waals surface area contributed by atoms with Gasteiger partial charge in [-0.25, -0.2) is 0 Å². The molecule has 2 aromatic carbocycles. The fourth-order valence-corrected chi connectivity index (χ4v) is 1.44. The normalized spacial score (nSPS) is 12.4. The molecule has 0 saturated carbocycles. The summed E-state index contributed by atoms with van der Waals surface area (Å²) in [5.41, 5.74) is 0.963. The SMILES string of the molecule is [O-]/[N+](=C\C=[N+](\[O-])c1ccccc1)c1ccccc1. The minimum atomic E-state index is 0.482. The van der Waals surface area contributed by atoms with E-state index in [-0.39, 0.29) is 0 Å². The Morgan fingerprint density at radius 2 is 0.944 bits per heavy atom. The van der Waals surface area contributed by atoms with Crippen molar-refractivity contribution >= 4 is 23.8 Å². The van der Waals surface area contributed by atoms with Gasteiger partial charge in [0.05, 0.1) is 0 Å². The molecule has 4 heteroatoms. The first kappa shape index (κ1) is 11.9. The lowest BCUT2D eigenvalue weighted by molar-refractivity contribution is -0.368. The van der Waals surface area contributed by atoms with E-state index in [1.807, 2.05) is 12.1 Å². The van der Waals surface area contributed by atoms with E-state index in [1.165, 1.54) is 12.4 Å². The van der Waals surface area contributed by atoms with Crippen LogP contribution in [0.5, 0.6) is 0 Å². The Morgan fingerprint density at radius 3 is 1.28 bits per heavy atom. The summed E-state index contributed by atoms with van der Waals surface area (Å²) in [6.07, 6.45) is 2.38. The molecule has 0 atom stereocenters. The van der Waals surface area contributed by atoms with Gasteiger partial charge in [0.25, 0.3) is 0 Å². The Bertz CT molecular complexity index is 509. The van der Waals surface area contributed by atoms with Crippen molar-refractivity contribution in [3.63, 3.8) is 0 Å². The molecular formula is C14H12N2O2. The second kappa shape index (κ2) is 5.63. The van der Waals surface area contributed by atoms with Crippen LogP contribution in [0.1, 0.15) is 0 Å². The molecular weight excluding hydrogens is 228 g/mol. The van der Waals surface area contributed by atoms with Crippen LogP contribution in [-0.4, -0.2) is 21.9 Å². The van der Waals surface area contributed by atoms with Crippen molar-refractivity contribution in [3.8, 4) is 0 Å². The van der Waals surface area contributed by atoms with Crippen molar-refractivity contribution in [3.05, 3.63) is 71.1 Å². The van der Waals surface area contributed by atoms with Gasteiger partial charge in [-0.1, -0.05) is 36.4 Å². The predicted octanol–water partition coefficient (Wildman–Crippen LogP) is 2.81. The first-order valence-electron chi connectivity index (χ1n) is 5.48. The Morgan fingerprint density at radius 1 is 0.611 bits per heavy atom. The third kappa shape index (κ3) is 2.95. The zero-order valence-corrected chi connectivity index (χ0v) is 9.64. The quantitative estimate of drug-likeness (QED) is 0.358. The van der Waals surface area contributed by atoms with E-state index in [1.54, 1.807) is 48.5 Å². The topological polar surface area (TPSA) is 52.1 Å². The molecule has 4 nitrogen and oxygen atoms in total. The highest BCUT2D eigenvalue weighted by atomic mass is 16.5. The van der Waals surface area contributed by atoms with E-state index in [0.29, 0.717) is 20.9 Å². The Balaban J connectivity index is 2.20. The fourth-order valence-electron chi connectivity index (χ4n) is 1.44. The van der Waals surface area contributed by atoms with Crippen LogP contribution in [0, 0.1) is 10.4 Å².